The number of hydrogen-bond acceptors (Lipinski definition) is 5. The number of benzene rings is 1. The zero-order chi connectivity index (χ0) is 23.1. The van der Waals surface area contributed by atoms with Crippen molar-refractivity contribution in [3.05, 3.63) is 36.4 Å². The van der Waals surface area contributed by atoms with Crippen molar-refractivity contribution in [3.8, 4) is 0 Å². The molecule has 0 radical (unpaired) electrons. The quantitative estimate of drug-likeness (QED) is 0.232. The summed E-state index contributed by atoms with van der Waals surface area (Å²) in [6.45, 7) is 2.95. The number of nitrogens with two attached hydrogens (primary N) is 1. The summed E-state index contributed by atoms with van der Waals surface area (Å²) in [5, 5.41) is 6.26. The Morgan fingerprint density at radius 2 is 2.03 bits per heavy atom. The van der Waals surface area contributed by atoms with Crippen molar-refractivity contribution in [2.45, 2.75) is 68.3 Å². The summed E-state index contributed by atoms with van der Waals surface area (Å²) in [6, 6.07) is 7.45. The van der Waals surface area contributed by atoms with Crippen LogP contribution in [0.25, 0.3) is 0 Å². The average molecular weight is 459 g/mol. The van der Waals surface area contributed by atoms with Gasteiger partial charge in [0.1, 0.15) is 11.6 Å². The highest BCUT2D eigenvalue weighted by molar-refractivity contribution is 7.80. The predicted molar refractivity (Wildman–Crippen MR) is 128 cm³/mol. The van der Waals surface area contributed by atoms with Gasteiger partial charge in [-0.2, -0.15) is 0 Å². The van der Waals surface area contributed by atoms with Gasteiger partial charge in [-0.15, -0.1) is 12.6 Å². The lowest BCUT2D eigenvalue weighted by molar-refractivity contribution is -0.138. The van der Waals surface area contributed by atoms with Gasteiger partial charge in [0.25, 0.3) is 0 Å². The molecule has 1 saturated carbocycles. The summed E-state index contributed by atoms with van der Waals surface area (Å²) in [5.74, 6) is -0.983. The molecule has 2 fully saturated rings. The number of likely N-dealkylation sites (tertiary alicyclic amines) is 1. The van der Waals surface area contributed by atoms with Gasteiger partial charge >= 0.3 is 0 Å². The summed E-state index contributed by atoms with van der Waals surface area (Å²) >= 11 is 4.43. The largest absolute Gasteiger partial charge is 0.384 e. The van der Waals surface area contributed by atoms with Crippen LogP contribution in [0.3, 0.4) is 0 Å². The van der Waals surface area contributed by atoms with Crippen LogP contribution in [0, 0.1) is 5.92 Å². The second-order valence-corrected chi connectivity index (χ2v) is 9.21. The fraction of sp³-hybridized carbons (Fsp3) is 0.542. The molecule has 1 heterocycles. The Labute approximate surface area is 195 Å². The molecule has 1 aliphatic heterocycles. The van der Waals surface area contributed by atoms with Crippen molar-refractivity contribution in [2.24, 2.45) is 11.7 Å². The zero-order valence-electron chi connectivity index (χ0n) is 18.7. The van der Waals surface area contributed by atoms with E-state index >= 15 is 0 Å². The monoisotopic (exact) mass is 458 g/mol. The summed E-state index contributed by atoms with van der Waals surface area (Å²) in [6.07, 6.45) is 10.1. The Balaban J connectivity index is 1.37. The van der Waals surface area contributed by atoms with E-state index in [1.807, 2.05) is 30.3 Å². The standard InChI is InChI=1S/C24H34N4O3S/c1-17(29)28-15-9-12-20(28)22(30)27-24(23(25)31)16-18(24)10-5-3-2-4-8-14-26-19-11-6-7-13-21(19)32/h5-7,10-11,13,18,20,26,32H,2-4,8-9,12,14-16H2,1H3,(H2,25,31)(H,27,30)/b10-5-. The number of nitrogens with zero attached hydrogens (tertiary/aromatic N) is 1. The smallest absolute Gasteiger partial charge is 0.243 e. The van der Waals surface area contributed by atoms with E-state index in [1.165, 1.54) is 6.92 Å². The molecule has 3 amide bonds. The molecule has 0 aromatic heterocycles. The molecular formula is C24H34N4O3S. The molecule has 0 spiro atoms. The third kappa shape index (κ3) is 5.85. The van der Waals surface area contributed by atoms with E-state index in [1.54, 1.807) is 4.90 Å². The lowest BCUT2D eigenvalue weighted by atomic mass is 10.1. The molecule has 3 rings (SSSR count). The van der Waals surface area contributed by atoms with Crippen LogP contribution in [0.15, 0.2) is 41.3 Å². The number of para-hydroxylation sites is 1. The maximum atomic E-state index is 12.7. The van der Waals surface area contributed by atoms with Crippen LogP contribution in [-0.2, 0) is 14.4 Å². The molecule has 174 valence electrons. The Morgan fingerprint density at radius 3 is 2.75 bits per heavy atom. The van der Waals surface area contributed by atoms with Crippen molar-refractivity contribution in [1.82, 2.24) is 10.2 Å². The van der Waals surface area contributed by atoms with E-state index in [4.69, 9.17) is 5.73 Å². The molecule has 3 atom stereocenters. The fourth-order valence-corrected chi connectivity index (χ4v) is 4.64. The molecular weight excluding hydrogens is 424 g/mol. The minimum absolute atomic E-state index is 0.0790. The van der Waals surface area contributed by atoms with Gasteiger partial charge in [-0.1, -0.05) is 30.7 Å². The van der Waals surface area contributed by atoms with Crippen LogP contribution >= 0.6 is 12.6 Å². The first-order valence-corrected chi connectivity index (χ1v) is 11.9. The topological polar surface area (TPSA) is 105 Å². The van der Waals surface area contributed by atoms with Crippen molar-refractivity contribution in [3.63, 3.8) is 0 Å². The van der Waals surface area contributed by atoms with Crippen molar-refractivity contribution in [1.29, 1.82) is 0 Å². The number of carbonyl (C=O) groups excluding carboxylic acids is 3. The van der Waals surface area contributed by atoms with E-state index in [2.05, 4.69) is 29.3 Å². The highest BCUT2D eigenvalue weighted by Crippen LogP contribution is 2.44. The first-order chi connectivity index (χ1) is 15.3. The molecule has 1 aromatic rings. The van der Waals surface area contributed by atoms with Gasteiger partial charge in [-0.25, -0.2) is 0 Å². The van der Waals surface area contributed by atoms with Crippen LogP contribution in [0.5, 0.6) is 0 Å². The Hall–Kier alpha value is -2.48. The molecule has 1 aliphatic carbocycles. The van der Waals surface area contributed by atoms with Crippen LogP contribution < -0.4 is 16.4 Å². The minimum atomic E-state index is -1.01. The maximum absolute atomic E-state index is 12.7. The SMILES string of the molecule is CC(=O)N1CCCC1C(=O)NC1(C(N)=O)CC1/C=C\CCCCCNc1ccccc1S. The molecule has 7 nitrogen and oxygen atoms in total. The lowest BCUT2D eigenvalue weighted by Gasteiger charge is -2.25. The van der Waals surface area contributed by atoms with E-state index in [-0.39, 0.29) is 17.7 Å². The van der Waals surface area contributed by atoms with Gasteiger partial charge in [-0.05, 0) is 50.7 Å². The van der Waals surface area contributed by atoms with Crippen LogP contribution in [-0.4, -0.2) is 47.3 Å². The van der Waals surface area contributed by atoms with Gasteiger partial charge < -0.3 is 21.3 Å². The normalized spacial score (nSPS) is 24.5. The molecule has 3 unspecified atom stereocenters. The fourth-order valence-electron chi connectivity index (χ4n) is 4.40. The molecule has 0 bridgehead atoms. The number of hydrogen-bond donors (Lipinski definition) is 4. The first kappa shape index (κ1) is 24.2. The highest BCUT2D eigenvalue weighted by atomic mass is 32.1. The minimum Gasteiger partial charge on any atom is -0.384 e. The van der Waals surface area contributed by atoms with Gasteiger partial charge in [0.2, 0.25) is 17.7 Å². The summed E-state index contributed by atoms with van der Waals surface area (Å²) in [5.41, 5.74) is 5.67. The Kier molecular flexibility index (Phi) is 8.23. The number of anilines is 1. The Morgan fingerprint density at radius 1 is 1.25 bits per heavy atom. The molecule has 2 aliphatic rings. The molecule has 32 heavy (non-hydrogen) atoms. The first-order valence-electron chi connectivity index (χ1n) is 11.4. The summed E-state index contributed by atoms with van der Waals surface area (Å²) < 4.78 is 0. The van der Waals surface area contributed by atoms with Crippen molar-refractivity contribution in [2.75, 3.05) is 18.4 Å². The number of rotatable bonds is 11. The number of unbranched alkanes of at least 4 members (excludes halogenated alkanes) is 3. The number of nitrogens with one attached hydrogen (secondary N) is 2. The molecule has 1 aromatic carbocycles. The summed E-state index contributed by atoms with van der Waals surface area (Å²) in [4.78, 5) is 39.1. The number of amides is 3. The predicted octanol–water partition coefficient (Wildman–Crippen LogP) is 2.87. The van der Waals surface area contributed by atoms with Gasteiger partial charge in [0.15, 0.2) is 0 Å². The number of carbonyl (C=O) groups is 3. The maximum Gasteiger partial charge on any atom is 0.243 e. The number of allylic oxidation sites excluding steroid dienone is 1. The number of thiol groups is 1. The van der Waals surface area contributed by atoms with E-state index in [9.17, 15) is 14.4 Å². The zero-order valence-corrected chi connectivity index (χ0v) is 19.6. The van der Waals surface area contributed by atoms with Crippen LogP contribution in [0.2, 0.25) is 0 Å². The third-order valence-corrected chi connectivity index (χ3v) is 6.79. The lowest BCUT2D eigenvalue weighted by Crippen LogP contribution is -2.54. The molecule has 8 heteroatoms. The van der Waals surface area contributed by atoms with Gasteiger partial charge in [-0.3, -0.25) is 14.4 Å². The van der Waals surface area contributed by atoms with Gasteiger partial charge in [0, 0.05) is 36.5 Å². The van der Waals surface area contributed by atoms with E-state index < -0.39 is 17.5 Å². The van der Waals surface area contributed by atoms with Crippen LogP contribution in [0.4, 0.5) is 5.69 Å². The molecule has 1 saturated heterocycles. The summed E-state index contributed by atoms with van der Waals surface area (Å²) in [7, 11) is 0. The second-order valence-electron chi connectivity index (χ2n) is 8.73. The van der Waals surface area contributed by atoms with Crippen molar-refractivity contribution < 1.29 is 14.4 Å². The highest BCUT2D eigenvalue weighted by Gasteiger charge is 2.59. The van der Waals surface area contributed by atoms with Gasteiger partial charge in [0.05, 0.1) is 0 Å². The van der Waals surface area contributed by atoms with Crippen LogP contribution in [0.1, 0.15) is 51.9 Å². The third-order valence-electron chi connectivity index (χ3n) is 6.40. The Bertz CT molecular complexity index is 875. The number of primary amides is 1. The average Bonchev–Trinajstić information content (AvgIpc) is 3.21. The molecule has 4 N–H and O–H groups in total. The van der Waals surface area contributed by atoms with E-state index in [0.29, 0.717) is 19.4 Å². The second kappa shape index (κ2) is 10.9. The van der Waals surface area contributed by atoms with E-state index in [0.717, 1.165) is 49.2 Å². The van der Waals surface area contributed by atoms with Crippen molar-refractivity contribution >= 4 is 36.0 Å².